The van der Waals surface area contributed by atoms with Crippen LogP contribution in [0.1, 0.15) is 30.5 Å². The van der Waals surface area contributed by atoms with Crippen molar-refractivity contribution in [3.05, 3.63) is 44.0 Å². The average molecular weight is 478 g/mol. The minimum atomic E-state index is -0.358. The molecule has 0 unspecified atom stereocenters. The largest absolute Gasteiger partial charge is 0.493 e. The van der Waals surface area contributed by atoms with Crippen LogP contribution >= 0.6 is 15.9 Å². The van der Waals surface area contributed by atoms with E-state index in [1.807, 2.05) is 12.1 Å². The van der Waals surface area contributed by atoms with E-state index in [-0.39, 0.29) is 23.1 Å². The Bertz CT molecular complexity index is 1050. The number of carbonyl (C=O) groups is 1. The van der Waals surface area contributed by atoms with E-state index in [9.17, 15) is 9.59 Å². The van der Waals surface area contributed by atoms with E-state index in [0.29, 0.717) is 40.1 Å². The first-order valence-corrected chi connectivity index (χ1v) is 10.2. The van der Waals surface area contributed by atoms with E-state index >= 15 is 0 Å². The molecule has 1 aliphatic rings. The summed E-state index contributed by atoms with van der Waals surface area (Å²) in [5.74, 6) is 1.52. The van der Waals surface area contributed by atoms with Crippen molar-refractivity contribution in [1.29, 1.82) is 0 Å². The summed E-state index contributed by atoms with van der Waals surface area (Å²) < 4.78 is 22.6. The van der Waals surface area contributed by atoms with Gasteiger partial charge in [-0.1, -0.05) is 0 Å². The smallest absolute Gasteiger partial charge is 0.221 e. The third-order valence-electron chi connectivity index (χ3n) is 5.15. The van der Waals surface area contributed by atoms with E-state index in [1.165, 1.54) is 20.1 Å². The Labute approximate surface area is 183 Å². The van der Waals surface area contributed by atoms with E-state index in [4.69, 9.17) is 18.9 Å². The maximum Gasteiger partial charge on any atom is 0.221 e. The van der Waals surface area contributed by atoms with Crippen molar-refractivity contribution < 1.29 is 23.7 Å². The summed E-state index contributed by atoms with van der Waals surface area (Å²) >= 11 is 3.47. The molecule has 0 saturated heterocycles. The zero-order valence-electron chi connectivity index (χ0n) is 17.6. The number of aryl methyl sites for hydroxylation is 1. The Morgan fingerprint density at radius 2 is 1.67 bits per heavy atom. The number of ether oxygens (including phenoxy) is 4. The van der Waals surface area contributed by atoms with E-state index < -0.39 is 0 Å². The molecular weight excluding hydrogens is 454 g/mol. The number of benzene rings is 1. The lowest BCUT2D eigenvalue weighted by atomic mass is 9.95. The summed E-state index contributed by atoms with van der Waals surface area (Å²) in [5.41, 5.74) is 2.89. The molecule has 1 N–H and O–H groups in total. The molecular formula is C22H24BrNO6. The summed E-state index contributed by atoms with van der Waals surface area (Å²) in [6, 6.07) is 4.89. The van der Waals surface area contributed by atoms with E-state index in [1.54, 1.807) is 21.3 Å². The molecule has 1 aliphatic carbocycles. The Morgan fingerprint density at radius 3 is 2.23 bits per heavy atom. The number of halogens is 1. The first kappa shape index (κ1) is 22.0. The van der Waals surface area contributed by atoms with Gasteiger partial charge in [-0.25, -0.2) is 0 Å². The molecule has 0 aromatic heterocycles. The van der Waals surface area contributed by atoms with Gasteiger partial charge in [-0.3, -0.25) is 9.59 Å². The number of hydrogen-bond donors (Lipinski definition) is 1. The van der Waals surface area contributed by atoms with Crippen LogP contribution in [0.15, 0.2) is 27.5 Å². The number of rotatable bonds is 5. The molecule has 0 radical (unpaired) electrons. The number of amides is 1. The van der Waals surface area contributed by atoms with Crippen LogP contribution in [-0.2, 0) is 11.2 Å². The van der Waals surface area contributed by atoms with Gasteiger partial charge >= 0.3 is 0 Å². The van der Waals surface area contributed by atoms with Gasteiger partial charge in [-0.05, 0) is 63.7 Å². The SMILES string of the molecule is COc1cc2c(c(OC)c1OC)-c1cc(Br)c(OC)c(=O)cc1[C@@H](NC(C)=O)CC2. The molecule has 1 amide bonds. The van der Waals surface area contributed by atoms with Gasteiger partial charge < -0.3 is 24.3 Å². The molecule has 0 spiro atoms. The third-order valence-corrected chi connectivity index (χ3v) is 5.74. The van der Waals surface area contributed by atoms with Crippen molar-refractivity contribution in [2.75, 3.05) is 28.4 Å². The normalized spacial score (nSPS) is 14.7. The molecule has 1 atom stereocenters. The van der Waals surface area contributed by atoms with Crippen molar-refractivity contribution >= 4 is 21.8 Å². The van der Waals surface area contributed by atoms with Gasteiger partial charge in [0.25, 0.3) is 0 Å². The standard InChI is InChI=1S/C22H24BrNO6/c1-11(25)24-16-7-6-12-8-18(27-2)21(29-4)22(30-5)19(12)14-9-15(23)20(28-3)17(26)10-13(14)16/h8-10,16H,6-7H2,1-5H3,(H,24,25)/t16-/m0/s1. The molecule has 2 aromatic rings. The average Bonchev–Trinajstić information content (AvgIpc) is 2.92. The second-order valence-corrected chi connectivity index (χ2v) is 7.73. The highest BCUT2D eigenvalue weighted by molar-refractivity contribution is 9.10. The molecule has 0 aliphatic heterocycles. The van der Waals surface area contributed by atoms with Crippen molar-refractivity contribution in [3.8, 4) is 34.1 Å². The molecule has 0 heterocycles. The summed E-state index contributed by atoms with van der Waals surface area (Å²) in [7, 11) is 6.12. The number of carbonyl (C=O) groups excluding carboxylic acids is 1. The van der Waals surface area contributed by atoms with Gasteiger partial charge in [-0.2, -0.15) is 0 Å². The fourth-order valence-corrected chi connectivity index (χ4v) is 4.52. The lowest BCUT2D eigenvalue weighted by Gasteiger charge is -2.19. The van der Waals surface area contributed by atoms with Crippen LogP contribution in [0.5, 0.6) is 23.0 Å². The van der Waals surface area contributed by atoms with Gasteiger partial charge in [0.1, 0.15) is 0 Å². The first-order valence-electron chi connectivity index (χ1n) is 9.37. The molecule has 0 fully saturated rings. The Balaban J connectivity index is 2.47. The van der Waals surface area contributed by atoms with Crippen LogP contribution in [0.2, 0.25) is 0 Å². The lowest BCUT2D eigenvalue weighted by molar-refractivity contribution is -0.119. The number of nitrogens with one attached hydrogen (secondary N) is 1. The third kappa shape index (κ3) is 3.84. The maximum atomic E-state index is 12.8. The fourth-order valence-electron chi connectivity index (χ4n) is 3.93. The fraction of sp³-hybridized carbons (Fsp3) is 0.364. The van der Waals surface area contributed by atoms with Crippen molar-refractivity contribution in [3.63, 3.8) is 0 Å². The molecule has 0 saturated carbocycles. The monoisotopic (exact) mass is 477 g/mol. The van der Waals surface area contributed by atoms with Crippen LogP contribution in [0.3, 0.4) is 0 Å². The summed E-state index contributed by atoms with van der Waals surface area (Å²) in [6.45, 7) is 1.46. The van der Waals surface area contributed by atoms with Gasteiger partial charge in [-0.15, -0.1) is 0 Å². The second kappa shape index (κ2) is 8.95. The highest BCUT2D eigenvalue weighted by Crippen LogP contribution is 2.50. The molecule has 8 heteroatoms. The van der Waals surface area contributed by atoms with Crippen molar-refractivity contribution in [2.24, 2.45) is 0 Å². The minimum absolute atomic E-state index is 0.177. The van der Waals surface area contributed by atoms with E-state index in [0.717, 1.165) is 16.7 Å². The highest BCUT2D eigenvalue weighted by atomic mass is 79.9. The van der Waals surface area contributed by atoms with Crippen LogP contribution in [0, 0.1) is 0 Å². The highest BCUT2D eigenvalue weighted by Gasteiger charge is 2.30. The molecule has 0 bridgehead atoms. The zero-order chi connectivity index (χ0) is 22.0. The zero-order valence-corrected chi connectivity index (χ0v) is 19.1. The van der Waals surface area contributed by atoms with Crippen LogP contribution < -0.4 is 29.7 Å². The van der Waals surface area contributed by atoms with Gasteiger partial charge in [0.05, 0.1) is 39.0 Å². The number of fused-ring (bicyclic) bond motifs is 3. The minimum Gasteiger partial charge on any atom is -0.493 e. The van der Waals surface area contributed by atoms with E-state index in [2.05, 4.69) is 21.2 Å². The molecule has 7 nitrogen and oxygen atoms in total. The summed E-state index contributed by atoms with van der Waals surface area (Å²) in [4.78, 5) is 24.7. The number of hydrogen-bond acceptors (Lipinski definition) is 6. The van der Waals surface area contributed by atoms with Crippen molar-refractivity contribution in [1.82, 2.24) is 5.32 Å². The van der Waals surface area contributed by atoms with Gasteiger partial charge in [0.2, 0.25) is 17.1 Å². The maximum absolute atomic E-state index is 12.8. The van der Waals surface area contributed by atoms with Crippen LogP contribution in [0.25, 0.3) is 11.1 Å². The lowest BCUT2D eigenvalue weighted by Crippen LogP contribution is -2.26. The topological polar surface area (TPSA) is 83.1 Å². The quantitative estimate of drug-likeness (QED) is 0.707. The molecule has 2 aromatic carbocycles. The second-order valence-electron chi connectivity index (χ2n) is 6.87. The van der Waals surface area contributed by atoms with Gasteiger partial charge in [0, 0.05) is 12.5 Å². The number of methoxy groups -OCH3 is 4. The summed E-state index contributed by atoms with van der Waals surface area (Å²) in [5, 5.41) is 2.97. The van der Waals surface area contributed by atoms with Crippen molar-refractivity contribution in [2.45, 2.75) is 25.8 Å². The Morgan fingerprint density at radius 1 is 1.00 bits per heavy atom. The van der Waals surface area contributed by atoms with Crippen LogP contribution in [0.4, 0.5) is 0 Å². The summed E-state index contributed by atoms with van der Waals surface area (Å²) in [6.07, 6.45) is 1.24. The predicted octanol–water partition coefficient (Wildman–Crippen LogP) is 3.63. The molecule has 30 heavy (non-hydrogen) atoms. The van der Waals surface area contributed by atoms with Gasteiger partial charge in [0.15, 0.2) is 17.2 Å². The van der Waals surface area contributed by atoms with Crippen LogP contribution in [-0.4, -0.2) is 34.3 Å². The Hall–Kier alpha value is -2.74. The first-order chi connectivity index (χ1) is 14.4. The molecule has 160 valence electrons. The predicted molar refractivity (Wildman–Crippen MR) is 117 cm³/mol. The molecule has 3 rings (SSSR count). The Kier molecular flexibility index (Phi) is 6.55.